The van der Waals surface area contributed by atoms with Crippen LogP contribution in [0.15, 0.2) is 24.3 Å². The molecule has 1 fully saturated rings. The number of morpholine rings is 1. The van der Waals surface area contributed by atoms with Crippen LogP contribution in [0, 0.1) is 0 Å². The Morgan fingerprint density at radius 1 is 1.22 bits per heavy atom. The first-order valence-corrected chi connectivity index (χ1v) is 7.60. The van der Waals surface area contributed by atoms with Gasteiger partial charge in [0.25, 0.3) is 0 Å². The van der Waals surface area contributed by atoms with Gasteiger partial charge in [-0.1, -0.05) is 31.2 Å². The Bertz CT molecular complexity index is 451. The summed E-state index contributed by atoms with van der Waals surface area (Å²) in [4.78, 5) is 14.0. The quantitative estimate of drug-likeness (QED) is 0.807. The zero-order chi connectivity index (χ0) is 15.1. The third-order valence-electron chi connectivity index (χ3n) is 3.78. The monoisotopic (exact) mass is 363 g/mol. The van der Waals surface area contributed by atoms with Gasteiger partial charge in [0.2, 0.25) is 5.91 Å². The molecule has 1 aromatic carbocycles. The first-order chi connectivity index (χ1) is 10.2. The van der Waals surface area contributed by atoms with Crippen LogP contribution in [0.25, 0.3) is 0 Å². The molecular weight excluding hydrogens is 337 g/mol. The van der Waals surface area contributed by atoms with E-state index in [1.54, 1.807) is 0 Å². The van der Waals surface area contributed by atoms with Crippen LogP contribution in [0.4, 0.5) is 0 Å². The highest BCUT2D eigenvalue weighted by Gasteiger charge is 2.11. The van der Waals surface area contributed by atoms with Crippen molar-refractivity contribution in [3.63, 3.8) is 0 Å². The second-order valence-electron chi connectivity index (χ2n) is 5.44. The Morgan fingerprint density at radius 2 is 1.78 bits per heavy atom. The third kappa shape index (κ3) is 7.50. The van der Waals surface area contributed by atoms with E-state index in [-0.39, 0.29) is 30.7 Å². The molecule has 1 aliphatic rings. The predicted octanol–water partition coefficient (Wildman–Crippen LogP) is 1.72. The number of halogens is 2. The van der Waals surface area contributed by atoms with Crippen LogP contribution >= 0.6 is 24.8 Å². The summed E-state index contributed by atoms with van der Waals surface area (Å²) in [6.45, 7) is 7.02. The maximum Gasteiger partial charge on any atom is 0.237 e. The van der Waals surface area contributed by atoms with Crippen LogP contribution in [0.5, 0.6) is 0 Å². The fraction of sp³-hybridized carbons (Fsp3) is 0.562. The number of nitrogens with zero attached hydrogens (tertiary/aromatic N) is 1. The summed E-state index contributed by atoms with van der Waals surface area (Å²) in [5.74, 6) is -0.0881. The molecule has 0 unspecified atom stereocenters. The normalized spacial score (nSPS) is 15.9. The van der Waals surface area contributed by atoms with Crippen molar-refractivity contribution in [3.8, 4) is 0 Å². The number of nitrogens with two attached hydrogens (primary N) is 1. The maximum atomic E-state index is 11.6. The highest BCUT2D eigenvalue weighted by Crippen LogP contribution is 2.09. The van der Waals surface area contributed by atoms with Gasteiger partial charge in [0.05, 0.1) is 19.3 Å². The number of nitrogens with one attached hydrogen (secondary N) is 1. The van der Waals surface area contributed by atoms with E-state index >= 15 is 0 Å². The summed E-state index contributed by atoms with van der Waals surface area (Å²) in [6, 6.07) is 7.96. The molecule has 1 saturated heterocycles. The number of benzene rings is 1. The lowest BCUT2D eigenvalue weighted by Crippen LogP contribution is -2.39. The molecule has 2 rings (SSSR count). The molecule has 0 bridgehead atoms. The number of carbonyl (C=O) groups excluding carboxylic acids is 1. The van der Waals surface area contributed by atoms with Gasteiger partial charge in [-0.2, -0.15) is 0 Å². The standard InChI is InChI=1S/C16H25N3O2.2ClH/c1-2-15(17)16(20)18-11-13-3-5-14(6-4-13)12-19-7-9-21-10-8-19;;/h3-6,15H,2,7-12,17H2,1H3,(H,18,20);2*1H/t15-;;/m0../s1. The SMILES string of the molecule is CC[C@H](N)C(=O)NCc1ccc(CN2CCOCC2)cc1.Cl.Cl. The summed E-state index contributed by atoms with van der Waals surface area (Å²) < 4.78 is 5.35. The first-order valence-electron chi connectivity index (χ1n) is 7.60. The van der Waals surface area contributed by atoms with E-state index in [1.807, 2.05) is 6.92 Å². The molecule has 5 nitrogen and oxygen atoms in total. The minimum absolute atomic E-state index is 0. The van der Waals surface area contributed by atoms with Crippen LogP contribution < -0.4 is 11.1 Å². The van der Waals surface area contributed by atoms with Crippen LogP contribution in [-0.2, 0) is 22.6 Å². The lowest BCUT2D eigenvalue weighted by Gasteiger charge is -2.26. The van der Waals surface area contributed by atoms with Crippen molar-refractivity contribution < 1.29 is 9.53 Å². The number of hydrogen-bond acceptors (Lipinski definition) is 4. The largest absolute Gasteiger partial charge is 0.379 e. The Morgan fingerprint density at radius 3 is 2.35 bits per heavy atom. The van der Waals surface area contributed by atoms with Gasteiger partial charge < -0.3 is 15.8 Å². The van der Waals surface area contributed by atoms with Gasteiger partial charge in [0.15, 0.2) is 0 Å². The fourth-order valence-corrected chi connectivity index (χ4v) is 2.29. The highest BCUT2D eigenvalue weighted by molar-refractivity contribution is 5.85. The van der Waals surface area contributed by atoms with Crippen LogP contribution in [0.3, 0.4) is 0 Å². The number of ether oxygens (including phenoxy) is 1. The number of rotatable bonds is 6. The van der Waals surface area contributed by atoms with Gasteiger partial charge in [-0.3, -0.25) is 9.69 Å². The molecule has 1 atom stereocenters. The molecule has 0 saturated carbocycles. The van der Waals surface area contributed by atoms with E-state index in [4.69, 9.17) is 10.5 Å². The predicted molar refractivity (Wildman–Crippen MR) is 97.1 cm³/mol. The number of amides is 1. The zero-order valence-corrected chi connectivity index (χ0v) is 15.1. The molecule has 1 amide bonds. The van der Waals surface area contributed by atoms with Gasteiger partial charge >= 0.3 is 0 Å². The van der Waals surface area contributed by atoms with E-state index in [9.17, 15) is 4.79 Å². The summed E-state index contributed by atoms with van der Waals surface area (Å²) in [7, 11) is 0. The highest BCUT2D eigenvalue weighted by atomic mass is 35.5. The fourth-order valence-electron chi connectivity index (χ4n) is 2.29. The van der Waals surface area contributed by atoms with Crippen molar-refractivity contribution in [2.45, 2.75) is 32.5 Å². The molecule has 0 aromatic heterocycles. The van der Waals surface area contributed by atoms with Gasteiger partial charge in [-0.05, 0) is 17.5 Å². The number of carbonyl (C=O) groups is 1. The summed E-state index contributed by atoms with van der Waals surface area (Å²) in [6.07, 6.45) is 0.657. The molecule has 1 aliphatic heterocycles. The van der Waals surface area contributed by atoms with Gasteiger partial charge in [-0.25, -0.2) is 0 Å². The average Bonchev–Trinajstić information content (AvgIpc) is 2.54. The lowest BCUT2D eigenvalue weighted by atomic mass is 10.1. The average molecular weight is 364 g/mol. The van der Waals surface area contributed by atoms with Crippen molar-refractivity contribution in [1.29, 1.82) is 0 Å². The molecule has 1 heterocycles. The Hall–Kier alpha value is -0.850. The van der Waals surface area contributed by atoms with Gasteiger partial charge in [-0.15, -0.1) is 24.8 Å². The smallest absolute Gasteiger partial charge is 0.237 e. The van der Waals surface area contributed by atoms with E-state index in [2.05, 4.69) is 34.5 Å². The minimum Gasteiger partial charge on any atom is -0.379 e. The van der Waals surface area contributed by atoms with Crippen LogP contribution in [0.1, 0.15) is 24.5 Å². The first kappa shape index (κ1) is 22.1. The van der Waals surface area contributed by atoms with Crippen molar-refractivity contribution in [2.75, 3.05) is 26.3 Å². The summed E-state index contributed by atoms with van der Waals surface area (Å²) in [5.41, 5.74) is 8.07. The van der Waals surface area contributed by atoms with E-state index in [1.165, 1.54) is 5.56 Å². The van der Waals surface area contributed by atoms with Crippen LogP contribution in [-0.4, -0.2) is 43.2 Å². The van der Waals surface area contributed by atoms with Crippen molar-refractivity contribution >= 4 is 30.7 Å². The summed E-state index contributed by atoms with van der Waals surface area (Å²) in [5, 5.41) is 2.86. The topological polar surface area (TPSA) is 67.6 Å². The molecule has 0 spiro atoms. The van der Waals surface area contributed by atoms with E-state index in [0.29, 0.717) is 13.0 Å². The van der Waals surface area contributed by atoms with E-state index < -0.39 is 6.04 Å². The Labute approximate surface area is 150 Å². The molecule has 132 valence electrons. The van der Waals surface area contributed by atoms with Crippen molar-refractivity contribution in [3.05, 3.63) is 35.4 Å². The Kier molecular flexibility index (Phi) is 11.2. The molecule has 0 radical (unpaired) electrons. The molecule has 3 N–H and O–H groups in total. The van der Waals surface area contributed by atoms with Crippen molar-refractivity contribution in [2.24, 2.45) is 5.73 Å². The molecule has 23 heavy (non-hydrogen) atoms. The summed E-state index contributed by atoms with van der Waals surface area (Å²) >= 11 is 0. The molecule has 0 aliphatic carbocycles. The maximum absolute atomic E-state index is 11.6. The lowest BCUT2D eigenvalue weighted by molar-refractivity contribution is -0.122. The Balaban J connectivity index is 0.00000242. The minimum atomic E-state index is -0.411. The van der Waals surface area contributed by atoms with Crippen molar-refractivity contribution in [1.82, 2.24) is 10.2 Å². The van der Waals surface area contributed by atoms with E-state index in [0.717, 1.165) is 38.4 Å². The second-order valence-corrected chi connectivity index (χ2v) is 5.44. The van der Waals surface area contributed by atoms with Crippen LogP contribution in [0.2, 0.25) is 0 Å². The zero-order valence-electron chi connectivity index (χ0n) is 13.5. The molecule has 7 heteroatoms. The number of hydrogen-bond donors (Lipinski definition) is 2. The second kappa shape index (κ2) is 11.6. The van der Waals surface area contributed by atoms with Gasteiger partial charge in [0, 0.05) is 26.2 Å². The third-order valence-corrected chi connectivity index (χ3v) is 3.78. The van der Waals surface area contributed by atoms with Gasteiger partial charge in [0.1, 0.15) is 0 Å². The molecule has 1 aromatic rings. The molecular formula is C16H27Cl2N3O2.